The van der Waals surface area contributed by atoms with Crippen molar-refractivity contribution in [2.75, 3.05) is 0 Å². The zero-order valence-corrected chi connectivity index (χ0v) is 11.0. The Morgan fingerprint density at radius 3 is 2.61 bits per heavy atom. The highest BCUT2D eigenvalue weighted by Crippen LogP contribution is 2.24. The van der Waals surface area contributed by atoms with E-state index >= 15 is 0 Å². The van der Waals surface area contributed by atoms with Crippen molar-refractivity contribution >= 4 is 21.9 Å². The lowest BCUT2D eigenvalue weighted by Gasteiger charge is -2.07. The predicted molar refractivity (Wildman–Crippen MR) is 67.9 cm³/mol. The average molecular weight is 309 g/mol. The Morgan fingerprint density at radius 2 is 2.00 bits per heavy atom. The number of carboxylic acids is 1. The molecule has 0 bridgehead atoms. The molecule has 0 radical (unpaired) electrons. The smallest absolute Gasteiger partial charge is 0.335 e. The minimum atomic E-state index is -1.00. The number of ether oxygens (including phenoxy) is 1. The molecule has 2 rings (SSSR count). The first-order valence-electron chi connectivity index (χ1n) is 5.05. The molecule has 0 amide bonds. The van der Waals surface area contributed by atoms with E-state index in [9.17, 15) is 4.79 Å². The third-order valence-electron chi connectivity index (χ3n) is 2.23. The van der Waals surface area contributed by atoms with E-state index in [1.54, 1.807) is 18.5 Å². The van der Waals surface area contributed by atoms with Crippen LogP contribution >= 0.6 is 15.9 Å². The van der Waals surface area contributed by atoms with E-state index in [1.807, 2.05) is 6.92 Å². The topological polar surface area (TPSA) is 72.3 Å². The van der Waals surface area contributed by atoms with Crippen molar-refractivity contribution in [1.82, 2.24) is 9.97 Å². The molecule has 6 heteroatoms. The highest BCUT2D eigenvalue weighted by molar-refractivity contribution is 9.10. The Hall–Kier alpha value is -1.95. The number of carbonyl (C=O) groups is 1. The molecular weight excluding hydrogens is 300 g/mol. The first-order valence-corrected chi connectivity index (χ1v) is 5.85. The first kappa shape index (κ1) is 12.5. The number of rotatable bonds is 3. The number of hydrogen-bond donors (Lipinski definition) is 1. The number of carboxylic acid groups (broad SMARTS) is 1. The summed E-state index contributed by atoms with van der Waals surface area (Å²) in [5.74, 6) is -0.575. The molecule has 1 N–H and O–H groups in total. The monoisotopic (exact) mass is 308 g/mol. The molecule has 0 atom stereocenters. The molecule has 0 saturated heterocycles. The Bertz CT molecular complexity index is 584. The lowest BCUT2D eigenvalue weighted by atomic mass is 10.1. The van der Waals surface area contributed by atoms with Gasteiger partial charge in [0.15, 0.2) is 0 Å². The van der Waals surface area contributed by atoms with E-state index in [0.717, 1.165) is 10.0 Å². The number of aromatic carboxylic acids is 1. The fourth-order valence-corrected chi connectivity index (χ4v) is 1.50. The molecule has 1 aromatic carbocycles. The maximum atomic E-state index is 10.9. The van der Waals surface area contributed by atoms with Gasteiger partial charge in [0.05, 0.1) is 10.0 Å². The number of halogens is 1. The van der Waals surface area contributed by atoms with Gasteiger partial charge in [0.2, 0.25) is 0 Å². The maximum Gasteiger partial charge on any atom is 0.335 e. The third-order valence-corrected chi connectivity index (χ3v) is 2.64. The highest BCUT2D eigenvalue weighted by atomic mass is 79.9. The molecule has 0 aliphatic heterocycles. The van der Waals surface area contributed by atoms with Crippen molar-refractivity contribution in [1.29, 1.82) is 0 Å². The number of nitrogens with zero attached hydrogens (tertiary/aromatic N) is 2. The quantitative estimate of drug-likeness (QED) is 0.943. The van der Waals surface area contributed by atoms with Crippen LogP contribution in [0.2, 0.25) is 0 Å². The minimum Gasteiger partial charge on any atom is -0.478 e. The van der Waals surface area contributed by atoms with Crippen molar-refractivity contribution in [2.45, 2.75) is 6.92 Å². The van der Waals surface area contributed by atoms with Gasteiger partial charge in [-0.05, 0) is 40.5 Å². The lowest BCUT2D eigenvalue weighted by Crippen LogP contribution is -1.99. The summed E-state index contributed by atoms with van der Waals surface area (Å²) in [7, 11) is 0. The normalized spacial score (nSPS) is 10.1. The van der Waals surface area contributed by atoms with Crippen molar-refractivity contribution < 1.29 is 14.6 Å². The highest BCUT2D eigenvalue weighted by Gasteiger charge is 2.09. The van der Waals surface area contributed by atoms with Crippen LogP contribution in [0.5, 0.6) is 11.8 Å². The fraction of sp³-hybridized carbons (Fsp3) is 0.0833. The van der Waals surface area contributed by atoms with Gasteiger partial charge in [-0.1, -0.05) is 6.07 Å². The van der Waals surface area contributed by atoms with E-state index in [0.29, 0.717) is 5.75 Å². The summed E-state index contributed by atoms with van der Waals surface area (Å²) in [4.78, 5) is 18.8. The number of benzene rings is 1. The largest absolute Gasteiger partial charge is 0.478 e. The zero-order valence-electron chi connectivity index (χ0n) is 9.42. The molecule has 1 heterocycles. The summed E-state index contributed by atoms with van der Waals surface area (Å²) >= 11 is 3.22. The van der Waals surface area contributed by atoms with Crippen LogP contribution in [-0.2, 0) is 0 Å². The van der Waals surface area contributed by atoms with Gasteiger partial charge in [0.25, 0.3) is 0 Å². The van der Waals surface area contributed by atoms with Gasteiger partial charge in [-0.3, -0.25) is 0 Å². The van der Waals surface area contributed by atoms with Crippen molar-refractivity contribution in [3.05, 3.63) is 46.2 Å². The van der Waals surface area contributed by atoms with Gasteiger partial charge in [0, 0.05) is 12.4 Å². The van der Waals surface area contributed by atoms with E-state index in [2.05, 4.69) is 25.9 Å². The van der Waals surface area contributed by atoms with Gasteiger partial charge in [-0.2, -0.15) is 0 Å². The Kier molecular flexibility index (Phi) is 3.57. The molecule has 1 aromatic heterocycles. The molecular formula is C12H9BrN2O3. The van der Waals surface area contributed by atoms with Gasteiger partial charge < -0.3 is 9.84 Å². The fourth-order valence-electron chi connectivity index (χ4n) is 1.29. The van der Waals surface area contributed by atoms with E-state index in [4.69, 9.17) is 9.84 Å². The Balaban J connectivity index is 2.30. The summed E-state index contributed by atoms with van der Waals surface area (Å²) in [6.45, 7) is 1.82. The van der Waals surface area contributed by atoms with Crippen LogP contribution in [0.15, 0.2) is 35.1 Å². The van der Waals surface area contributed by atoms with Crippen molar-refractivity contribution in [3.63, 3.8) is 0 Å². The number of aryl methyl sites for hydroxylation is 1. The van der Waals surface area contributed by atoms with E-state index in [-0.39, 0.29) is 11.6 Å². The summed E-state index contributed by atoms with van der Waals surface area (Å²) in [6.07, 6.45) is 3.11. The summed E-state index contributed by atoms with van der Waals surface area (Å²) in [5.41, 5.74) is 0.972. The van der Waals surface area contributed by atoms with E-state index < -0.39 is 5.97 Å². The molecule has 2 aromatic rings. The van der Waals surface area contributed by atoms with Gasteiger partial charge in [0.1, 0.15) is 5.75 Å². The SMILES string of the molecule is Cc1ccc(C(=O)O)cc1Oc1ncc(Br)cn1. The van der Waals surface area contributed by atoms with Gasteiger partial charge in [-0.25, -0.2) is 14.8 Å². The molecule has 0 aliphatic carbocycles. The molecule has 18 heavy (non-hydrogen) atoms. The summed E-state index contributed by atoms with van der Waals surface area (Å²) in [6, 6.07) is 4.82. The number of hydrogen-bond acceptors (Lipinski definition) is 4. The predicted octanol–water partition coefficient (Wildman–Crippen LogP) is 3.04. The van der Waals surface area contributed by atoms with Crippen LogP contribution in [0.1, 0.15) is 15.9 Å². The van der Waals surface area contributed by atoms with Crippen molar-refractivity contribution in [3.8, 4) is 11.8 Å². The molecule has 92 valence electrons. The van der Waals surface area contributed by atoms with Crippen LogP contribution < -0.4 is 4.74 Å². The lowest BCUT2D eigenvalue weighted by molar-refractivity contribution is 0.0696. The standard InChI is InChI=1S/C12H9BrN2O3/c1-7-2-3-8(11(16)17)4-10(7)18-12-14-5-9(13)6-15-12/h2-6H,1H3,(H,16,17). The van der Waals surface area contributed by atoms with Crippen LogP contribution in [0, 0.1) is 6.92 Å². The Morgan fingerprint density at radius 1 is 1.33 bits per heavy atom. The second-order valence-electron chi connectivity index (χ2n) is 3.57. The third kappa shape index (κ3) is 2.84. The second-order valence-corrected chi connectivity index (χ2v) is 4.49. The van der Waals surface area contributed by atoms with Gasteiger partial charge >= 0.3 is 12.0 Å². The molecule has 0 spiro atoms. The Labute approximate surface area is 112 Å². The second kappa shape index (κ2) is 5.14. The molecule has 5 nitrogen and oxygen atoms in total. The molecule has 0 saturated carbocycles. The van der Waals surface area contributed by atoms with Gasteiger partial charge in [-0.15, -0.1) is 0 Å². The zero-order chi connectivity index (χ0) is 13.1. The average Bonchev–Trinajstić information content (AvgIpc) is 2.34. The molecule has 0 fully saturated rings. The molecule has 0 unspecified atom stereocenters. The van der Waals surface area contributed by atoms with E-state index in [1.165, 1.54) is 12.1 Å². The van der Waals surface area contributed by atoms with Crippen LogP contribution in [0.4, 0.5) is 0 Å². The summed E-state index contributed by atoms with van der Waals surface area (Å²) in [5, 5.41) is 8.91. The van der Waals surface area contributed by atoms with Crippen LogP contribution in [0.25, 0.3) is 0 Å². The summed E-state index contributed by atoms with van der Waals surface area (Å²) < 4.78 is 6.19. The van der Waals surface area contributed by atoms with Crippen LogP contribution in [0.3, 0.4) is 0 Å². The van der Waals surface area contributed by atoms with Crippen LogP contribution in [-0.4, -0.2) is 21.0 Å². The minimum absolute atomic E-state index is 0.160. The maximum absolute atomic E-state index is 10.9. The first-order chi connectivity index (χ1) is 8.56. The van der Waals surface area contributed by atoms with Crippen molar-refractivity contribution in [2.24, 2.45) is 0 Å². The molecule has 0 aliphatic rings. The number of aromatic nitrogens is 2.